The van der Waals surface area contributed by atoms with Crippen LogP contribution in [0.5, 0.6) is 0 Å². The minimum Gasteiger partial charge on any atom is -0.349 e. The quantitative estimate of drug-likeness (QED) is 0.285. The Morgan fingerprint density at radius 3 is 2.67 bits per heavy atom. The molecule has 2 aromatic carbocycles. The van der Waals surface area contributed by atoms with Crippen LogP contribution in [-0.2, 0) is 4.79 Å². The highest BCUT2D eigenvalue weighted by atomic mass is 32.2. The molecule has 1 aliphatic carbocycles. The third-order valence-corrected chi connectivity index (χ3v) is 7.40. The maximum atomic E-state index is 13.2. The standard InChI is InChI=1S/C24H19FN4O2S2/c25-15-7-5-14(6-8-15)20-11-19-22(33-20)24(27-13-26-19)32-12-21(30)29-18-4-2-1-3-17(18)23(31)28-16-9-10-16/h1-8,11,13,16H,9-10,12H2,(H,28,31)(H,29,30). The van der Waals surface area contributed by atoms with E-state index < -0.39 is 0 Å². The van der Waals surface area contributed by atoms with Crippen molar-refractivity contribution >= 4 is 50.8 Å². The Hall–Kier alpha value is -3.30. The fourth-order valence-electron chi connectivity index (χ4n) is 3.29. The summed E-state index contributed by atoms with van der Waals surface area (Å²) in [6.45, 7) is 0. The van der Waals surface area contributed by atoms with Crippen LogP contribution in [0, 0.1) is 5.82 Å². The SMILES string of the molecule is O=C(CSc1ncnc2cc(-c3ccc(F)cc3)sc12)Nc1ccccc1C(=O)NC1CC1. The first-order valence-corrected chi connectivity index (χ1v) is 12.2. The summed E-state index contributed by atoms with van der Waals surface area (Å²) in [4.78, 5) is 34.7. The number of nitrogens with one attached hydrogen (secondary N) is 2. The Bertz CT molecular complexity index is 1340. The number of fused-ring (bicyclic) bond motifs is 1. The van der Waals surface area contributed by atoms with Gasteiger partial charge in [0.05, 0.1) is 27.2 Å². The molecule has 166 valence electrons. The van der Waals surface area contributed by atoms with Gasteiger partial charge in [-0.3, -0.25) is 9.59 Å². The van der Waals surface area contributed by atoms with E-state index in [9.17, 15) is 14.0 Å². The summed E-state index contributed by atoms with van der Waals surface area (Å²) in [5, 5.41) is 6.49. The molecule has 2 amide bonds. The number of para-hydroxylation sites is 1. The second-order valence-electron chi connectivity index (χ2n) is 7.64. The average Bonchev–Trinajstić information content (AvgIpc) is 3.52. The van der Waals surface area contributed by atoms with E-state index in [0.717, 1.165) is 33.5 Å². The van der Waals surface area contributed by atoms with Gasteiger partial charge in [0.2, 0.25) is 5.91 Å². The molecule has 2 N–H and O–H groups in total. The van der Waals surface area contributed by atoms with Crippen LogP contribution in [0.1, 0.15) is 23.2 Å². The molecule has 5 rings (SSSR count). The van der Waals surface area contributed by atoms with Crippen LogP contribution < -0.4 is 10.6 Å². The van der Waals surface area contributed by atoms with Gasteiger partial charge in [0.15, 0.2) is 0 Å². The van der Waals surface area contributed by atoms with Gasteiger partial charge in [0, 0.05) is 10.9 Å². The molecule has 9 heteroatoms. The third kappa shape index (κ3) is 5.04. The van der Waals surface area contributed by atoms with Gasteiger partial charge in [-0.1, -0.05) is 36.0 Å². The van der Waals surface area contributed by atoms with Gasteiger partial charge in [-0.15, -0.1) is 11.3 Å². The van der Waals surface area contributed by atoms with Gasteiger partial charge in [-0.2, -0.15) is 0 Å². The Morgan fingerprint density at radius 1 is 1.09 bits per heavy atom. The zero-order chi connectivity index (χ0) is 22.8. The molecule has 33 heavy (non-hydrogen) atoms. The van der Waals surface area contributed by atoms with E-state index in [-0.39, 0.29) is 29.4 Å². The average molecular weight is 479 g/mol. The number of anilines is 1. The highest BCUT2D eigenvalue weighted by molar-refractivity contribution is 8.00. The first kappa shape index (κ1) is 21.5. The second-order valence-corrected chi connectivity index (χ2v) is 9.66. The largest absolute Gasteiger partial charge is 0.349 e. The summed E-state index contributed by atoms with van der Waals surface area (Å²) in [6, 6.07) is 15.5. The van der Waals surface area contributed by atoms with E-state index in [1.165, 1.54) is 41.6 Å². The number of rotatable bonds is 7. The number of amides is 2. The minimum atomic E-state index is -0.284. The molecule has 0 atom stereocenters. The summed E-state index contributed by atoms with van der Waals surface area (Å²) in [5.74, 6) is -0.554. The number of carbonyl (C=O) groups is 2. The van der Waals surface area contributed by atoms with Crippen molar-refractivity contribution in [2.45, 2.75) is 23.9 Å². The van der Waals surface area contributed by atoms with E-state index in [0.29, 0.717) is 16.3 Å². The smallest absolute Gasteiger partial charge is 0.253 e. The monoisotopic (exact) mass is 478 g/mol. The fourth-order valence-corrected chi connectivity index (χ4v) is 5.29. The molecule has 1 saturated carbocycles. The molecule has 4 aromatic rings. The number of aromatic nitrogens is 2. The predicted octanol–water partition coefficient (Wildman–Crippen LogP) is 5.12. The molecule has 1 aliphatic rings. The van der Waals surface area contributed by atoms with Crippen LogP contribution in [0.25, 0.3) is 20.7 Å². The first-order valence-electron chi connectivity index (χ1n) is 10.4. The van der Waals surface area contributed by atoms with E-state index in [1.807, 2.05) is 6.07 Å². The summed E-state index contributed by atoms with van der Waals surface area (Å²) in [6.07, 6.45) is 3.47. The summed E-state index contributed by atoms with van der Waals surface area (Å²) in [5.41, 5.74) is 2.62. The number of benzene rings is 2. The molecule has 0 aliphatic heterocycles. The van der Waals surface area contributed by atoms with Crippen molar-refractivity contribution in [1.82, 2.24) is 15.3 Å². The molecule has 6 nitrogen and oxygen atoms in total. The van der Waals surface area contributed by atoms with Crippen molar-refractivity contribution in [1.29, 1.82) is 0 Å². The molecule has 0 unspecified atom stereocenters. The van der Waals surface area contributed by atoms with Crippen molar-refractivity contribution in [3.8, 4) is 10.4 Å². The number of halogens is 1. The van der Waals surface area contributed by atoms with Crippen molar-refractivity contribution in [2.24, 2.45) is 0 Å². The molecule has 2 heterocycles. The summed E-state index contributed by atoms with van der Waals surface area (Å²) < 4.78 is 14.1. The number of thiophene rings is 1. The van der Waals surface area contributed by atoms with Crippen LogP contribution >= 0.6 is 23.1 Å². The number of nitrogens with zero attached hydrogens (tertiary/aromatic N) is 2. The van der Waals surface area contributed by atoms with Crippen molar-refractivity contribution in [3.05, 3.63) is 72.3 Å². The van der Waals surface area contributed by atoms with Crippen LogP contribution in [0.2, 0.25) is 0 Å². The zero-order valence-corrected chi connectivity index (χ0v) is 19.0. The van der Waals surface area contributed by atoms with E-state index in [2.05, 4.69) is 20.6 Å². The minimum absolute atomic E-state index is 0.133. The van der Waals surface area contributed by atoms with Crippen LogP contribution in [0.4, 0.5) is 10.1 Å². The topological polar surface area (TPSA) is 84.0 Å². The molecule has 2 aromatic heterocycles. The van der Waals surface area contributed by atoms with Crippen LogP contribution in [0.15, 0.2) is 66.0 Å². The second kappa shape index (κ2) is 9.29. The van der Waals surface area contributed by atoms with Gasteiger partial charge < -0.3 is 10.6 Å². The van der Waals surface area contributed by atoms with Gasteiger partial charge in [-0.25, -0.2) is 14.4 Å². The van der Waals surface area contributed by atoms with Gasteiger partial charge in [0.25, 0.3) is 5.91 Å². The van der Waals surface area contributed by atoms with Crippen molar-refractivity contribution in [2.75, 3.05) is 11.1 Å². The molecular formula is C24H19FN4O2S2. The van der Waals surface area contributed by atoms with Crippen LogP contribution in [-0.4, -0.2) is 33.6 Å². The lowest BCUT2D eigenvalue weighted by Gasteiger charge is -2.11. The highest BCUT2D eigenvalue weighted by Gasteiger charge is 2.25. The normalized spacial score (nSPS) is 13.1. The van der Waals surface area contributed by atoms with Gasteiger partial charge >= 0.3 is 0 Å². The molecular weight excluding hydrogens is 459 g/mol. The number of hydrogen-bond donors (Lipinski definition) is 2. The van der Waals surface area contributed by atoms with Crippen molar-refractivity contribution in [3.63, 3.8) is 0 Å². The van der Waals surface area contributed by atoms with Crippen LogP contribution in [0.3, 0.4) is 0 Å². The maximum Gasteiger partial charge on any atom is 0.253 e. The molecule has 0 saturated heterocycles. The lowest BCUT2D eigenvalue weighted by atomic mass is 10.1. The molecule has 0 radical (unpaired) electrons. The molecule has 0 spiro atoms. The molecule has 0 bridgehead atoms. The Balaban J connectivity index is 1.29. The first-order chi connectivity index (χ1) is 16.1. The fraction of sp³-hybridized carbons (Fsp3) is 0.167. The summed E-state index contributed by atoms with van der Waals surface area (Å²) >= 11 is 2.81. The maximum absolute atomic E-state index is 13.2. The number of thioether (sulfide) groups is 1. The zero-order valence-electron chi connectivity index (χ0n) is 17.4. The summed E-state index contributed by atoms with van der Waals surface area (Å²) in [7, 11) is 0. The lowest BCUT2D eigenvalue weighted by molar-refractivity contribution is -0.113. The Labute approximate surface area is 197 Å². The lowest BCUT2D eigenvalue weighted by Crippen LogP contribution is -2.27. The van der Waals surface area contributed by atoms with E-state index in [4.69, 9.17) is 0 Å². The van der Waals surface area contributed by atoms with Gasteiger partial charge in [0.1, 0.15) is 17.2 Å². The number of hydrogen-bond acceptors (Lipinski definition) is 6. The Kier molecular flexibility index (Phi) is 6.06. The van der Waals surface area contributed by atoms with Gasteiger partial charge in [-0.05, 0) is 48.7 Å². The molecule has 1 fully saturated rings. The van der Waals surface area contributed by atoms with E-state index >= 15 is 0 Å². The number of carbonyl (C=O) groups excluding carboxylic acids is 2. The van der Waals surface area contributed by atoms with Crippen molar-refractivity contribution < 1.29 is 14.0 Å². The third-order valence-electron chi connectivity index (χ3n) is 5.11. The highest BCUT2D eigenvalue weighted by Crippen LogP contribution is 2.37. The predicted molar refractivity (Wildman–Crippen MR) is 129 cm³/mol. The Morgan fingerprint density at radius 2 is 1.88 bits per heavy atom. The van der Waals surface area contributed by atoms with E-state index in [1.54, 1.807) is 36.4 Å².